The van der Waals surface area contributed by atoms with E-state index in [9.17, 15) is 0 Å². The molecule has 0 saturated carbocycles. The van der Waals surface area contributed by atoms with Crippen LogP contribution in [0.25, 0.3) is 11.0 Å². The van der Waals surface area contributed by atoms with E-state index < -0.39 is 0 Å². The quantitative estimate of drug-likeness (QED) is 0.246. The van der Waals surface area contributed by atoms with E-state index in [2.05, 4.69) is 30.1 Å². The Kier molecular flexibility index (Phi) is 7.59. The van der Waals surface area contributed by atoms with Crippen molar-refractivity contribution in [3.05, 3.63) is 77.7 Å². The van der Waals surface area contributed by atoms with Crippen LogP contribution in [0, 0.1) is 0 Å². The number of para-hydroxylation sites is 2. The molecule has 0 aliphatic carbocycles. The maximum Gasteiger partial charge on any atom is 0.230 e. The molecule has 0 bridgehead atoms. The van der Waals surface area contributed by atoms with Gasteiger partial charge >= 0.3 is 0 Å². The molecule has 1 aliphatic rings. The van der Waals surface area contributed by atoms with Crippen LogP contribution in [-0.4, -0.2) is 65.3 Å². The number of methoxy groups -OCH3 is 2. The monoisotopic (exact) mass is 572 g/mol. The molecular weight excluding hydrogens is 544 g/mol. The predicted octanol–water partition coefficient (Wildman–Crippen LogP) is 5.15. The van der Waals surface area contributed by atoms with Gasteiger partial charge in [0.25, 0.3) is 0 Å². The van der Waals surface area contributed by atoms with Gasteiger partial charge in [0.15, 0.2) is 17.2 Å². The van der Waals surface area contributed by atoms with E-state index in [4.69, 9.17) is 35.8 Å². The van der Waals surface area contributed by atoms with E-state index in [1.54, 1.807) is 32.4 Å². The zero-order valence-corrected chi connectivity index (χ0v) is 23.4. The minimum absolute atomic E-state index is 0.336. The Morgan fingerprint density at radius 1 is 0.854 bits per heavy atom. The van der Waals surface area contributed by atoms with Crippen molar-refractivity contribution in [2.45, 2.75) is 6.54 Å². The Morgan fingerprint density at radius 2 is 1.61 bits per heavy atom. The topological polar surface area (TPSA) is 114 Å². The first kappa shape index (κ1) is 26.5. The number of piperazine rings is 1. The number of pyridine rings is 1. The van der Waals surface area contributed by atoms with E-state index in [0.717, 1.165) is 48.9 Å². The summed E-state index contributed by atoms with van der Waals surface area (Å²) < 4.78 is 17.0. The molecule has 5 aromatic rings. The molecule has 1 saturated heterocycles. The molecule has 3 aromatic heterocycles. The molecule has 210 valence electrons. The van der Waals surface area contributed by atoms with Gasteiger partial charge in [-0.25, -0.2) is 9.97 Å². The normalized spacial score (nSPS) is 13.3. The number of halogens is 1. The summed E-state index contributed by atoms with van der Waals surface area (Å²) in [5.74, 6) is 4.62. The number of aromatic amines is 1. The molecule has 11 nitrogen and oxygen atoms in total. The summed E-state index contributed by atoms with van der Waals surface area (Å²) >= 11 is 6.52. The van der Waals surface area contributed by atoms with Crippen LogP contribution in [-0.2, 0) is 6.54 Å². The number of H-pyrrole nitrogens is 1. The molecule has 1 aliphatic heterocycles. The molecule has 4 heterocycles. The predicted molar refractivity (Wildman–Crippen MR) is 159 cm³/mol. The average molecular weight is 573 g/mol. The first-order chi connectivity index (χ1) is 20.1. The summed E-state index contributed by atoms with van der Waals surface area (Å²) in [5, 5.41) is 3.73. The summed E-state index contributed by atoms with van der Waals surface area (Å²) in [5.41, 5.74) is 1.89. The molecule has 0 unspecified atom stereocenters. The van der Waals surface area contributed by atoms with Crippen LogP contribution in [0.3, 0.4) is 0 Å². The molecule has 0 radical (unpaired) electrons. The van der Waals surface area contributed by atoms with Crippen LogP contribution in [0.4, 0.5) is 17.6 Å². The van der Waals surface area contributed by atoms with Crippen molar-refractivity contribution in [3.63, 3.8) is 0 Å². The van der Waals surface area contributed by atoms with E-state index in [1.165, 1.54) is 0 Å². The summed E-state index contributed by atoms with van der Waals surface area (Å²) in [6.07, 6.45) is 1.81. The Bertz CT molecular complexity index is 1610. The number of nitrogens with zero attached hydrogens (tertiary/aromatic N) is 6. The highest BCUT2D eigenvalue weighted by Gasteiger charge is 2.22. The lowest BCUT2D eigenvalue weighted by Gasteiger charge is -2.35. The van der Waals surface area contributed by atoms with Gasteiger partial charge in [-0.3, -0.25) is 0 Å². The van der Waals surface area contributed by atoms with E-state index in [1.807, 2.05) is 48.7 Å². The fraction of sp³-hybridized carbons (Fsp3) is 0.241. The Morgan fingerprint density at radius 3 is 2.37 bits per heavy atom. The summed E-state index contributed by atoms with van der Waals surface area (Å²) in [7, 11) is 3.11. The van der Waals surface area contributed by atoms with E-state index in [-0.39, 0.29) is 0 Å². The number of ether oxygens (including phenoxy) is 3. The van der Waals surface area contributed by atoms with Crippen molar-refractivity contribution in [2.24, 2.45) is 0 Å². The van der Waals surface area contributed by atoms with Crippen molar-refractivity contribution < 1.29 is 14.2 Å². The van der Waals surface area contributed by atoms with Gasteiger partial charge in [-0.15, -0.1) is 0 Å². The van der Waals surface area contributed by atoms with Gasteiger partial charge in [0.1, 0.15) is 17.5 Å². The van der Waals surface area contributed by atoms with Gasteiger partial charge in [-0.05, 0) is 24.3 Å². The number of fused-ring (bicyclic) bond motifs is 1. The van der Waals surface area contributed by atoms with E-state index in [0.29, 0.717) is 46.5 Å². The van der Waals surface area contributed by atoms with E-state index >= 15 is 0 Å². The van der Waals surface area contributed by atoms with Crippen molar-refractivity contribution in [2.75, 3.05) is 55.5 Å². The molecule has 41 heavy (non-hydrogen) atoms. The van der Waals surface area contributed by atoms with Gasteiger partial charge in [0.2, 0.25) is 11.8 Å². The van der Waals surface area contributed by atoms with Crippen LogP contribution in [0.5, 0.6) is 23.1 Å². The van der Waals surface area contributed by atoms with Crippen molar-refractivity contribution >= 4 is 40.2 Å². The SMILES string of the molecule is COc1cc(Cl)c(Oc2cc(NCc3nc4ccccc4[nH]3)nc(N3CCN(c4ccccn4)CC3)n2)cc1OC. The highest BCUT2D eigenvalue weighted by molar-refractivity contribution is 6.32. The lowest BCUT2D eigenvalue weighted by Crippen LogP contribution is -2.47. The first-order valence-electron chi connectivity index (χ1n) is 13.2. The Balaban J connectivity index is 1.26. The maximum absolute atomic E-state index is 6.52. The fourth-order valence-corrected chi connectivity index (χ4v) is 4.86. The second-order valence-electron chi connectivity index (χ2n) is 9.35. The number of hydrogen-bond acceptors (Lipinski definition) is 10. The highest BCUT2D eigenvalue weighted by Crippen LogP contribution is 2.39. The summed E-state index contributed by atoms with van der Waals surface area (Å²) in [4.78, 5) is 26.4. The standard InChI is InChI=1S/C29H29ClN8O3/c1-39-23-15-19(30)22(16-24(23)40-2)41-28-17-25(32-18-26-33-20-7-3-4-8-21(20)34-26)35-29(36-28)38-13-11-37(12-14-38)27-9-5-6-10-31-27/h3-10,15-17H,11-14,18H2,1-2H3,(H,33,34)(H,32,35,36). The molecule has 0 spiro atoms. The number of nitrogens with one attached hydrogen (secondary N) is 2. The number of imidazole rings is 1. The third-order valence-electron chi connectivity index (χ3n) is 6.75. The molecule has 2 aromatic carbocycles. The molecule has 12 heteroatoms. The van der Waals surface area contributed by atoms with Crippen LogP contribution in [0.2, 0.25) is 5.02 Å². The smallest absolute Gasteiger partial charge is 0.230 e. The number of aromatic nitrogens is 5. The number of rotatable bonds is 9. The lowest BCUT2D eigenvalue weighted by atomic mass is 10.3. The van der Waals surface area contributed by atoms with Gasteiger partial charge in [0, 0.05) is 50.6 Å². The molecular formula is C29H29ClN8O3. The largest absolute Gasteiger partial charge is 0.493 e. The molecule has 6 rings (SSSR count). The summed E-state index contributed by atoms with van der Waals surface area (Å²) in [6.45, 7) is 3.46. The second kappa shape index (κ2) is 11.8. The van der Waals surface area contributed by atoms with Crippen LogP contribution in [0.1, 0.15) is 5.82 Å². The zero-order valence-electron chi connectivity index (χ0n) is 22.7. The van der Waals surface area contributed by atoms with Crippen molar-refractivity contribution in [3.8, 4) is 23.1 Å². The molecule has 0 atom stereocenters. The maximum atomic E-state index is 6.52. The molecule has 1 fully saturated rings. The van der Waals surface area contributed by atoms with Crippen molar-refractivity contribution in [1.29, 1.82) is 0 Å². The van der Waals surface area contributed by atoms with Gasteiger partial charge in [0.05, 0.1) is 36.8 Å². The van der Waals surface area contributed by atoms with Crippen molar-refractivity contribution in [1.82, 2.24) is 24.9 Å². The molecule has 0 amide bonds. The third-order valence-corrected chi connectivity index (χ3v) is 7.05. The minimum Gasteiger partial charge on any atom is -0.493 e. The fourth-order valence-electron chi connectivity index (χ4n) is 4.66. The van der Waals surface area contributed by atoms with Crippen LogP contribution in [0.15, 0.2) is 66.9 Å². The Labute approximate surface area is 242 Å². The summed E-state index contributed by atoms with van der Waals surface area (Å²) in [6, 6.07) is 18.9. The number of benzene rings is 2. The number of hydrogen-bond donors (Lipinski definition) is 2. The zero-order chi connectivity index (χ0) is 28.2. The Hall–Kier alpha value is -4.77. The van der Waals surface area contributed by atoms with Gasteiger partial charge in [-0.1, -0.05) is 29.8 Å². The first-order valence-corrected chi connectivity index (χ1v) is 13.5. The minimum atomic E-state index is 0.336. The lowest BCUT2D eigenvalue weighted by molar-refractivity contribution is 0.351. The average Bonchev–Trinajstić information content (AvgIpc) is 3.44. The van der Waals surface area contributed by atoms with Crippen LogP contribution >= 0.6 is 11.6 Å². The number of anilines is 3. The van der Waals surface area contributed by atoms with Gasteiger partial charge < -0.3 is 34.3 Å². The second-order valence-corrected chi connectivity index (χ2v) is 9.75. The highest BCUT2D eigenvalue weighted by atomic mass is 35.5. The molecule has 2 N–H and O–H groups in total. The third kappa shape index (κ3) is 5.90. The van der Waals surface area contributed by atoms with Crippen LogP contribution < -0.4 is 29.3 Å². The van der Waals surface area contributed by atoms with Gasteiger partial charge in [-0.2, -0.15) is 9.97 Å².